The largest absolute Gasteiger partial charge is 0.495 e. The zero-order valence-corrected chi connectivity index (χ0v) is 17.2. The molecule has 1 saturated heterocycles. The van der Waals surface area contributed by atoms with Gasteiger partial charge in [0.25, 0.3) is 5.91 Å². The van der Waals surface area contributed by atoms with Crippen LogP contribution in [0.15, 0.2) is 40.8 Å². The molecule has 8 nitrogen and oxygen atoms in total. The average Bonchev–Trinajstić information content (AvgIpc) is 3.23. The van der Waals surface area contributed by atoms with Crippen molar-refractivity contribution in [1.29, 1.82) is 0 Å². The van der Waals surface area contributed by atoms with Crippen LogP contribution in [0.5, 0.6) is 5.75 Å². The second-order valence-corrected chi connectivity index (χ2v) is 8.16. The summed E-state index contributed by atoms with van der Waals surface area (Å²) in [6.45, 7) is -0.353. The van der Waals surface area contributed by atoms with E-state index < -0.39 is 17.5 Å². The molecule has 1 aliphatic carbocycles. The molecule has 0 unspecified atom stereocenters. The number of carbonyl (C=O) groups excluding carboxylic acids is 3. The zero-order chi connectivity index (χ0) is 21.6. The molecule has 31 heavy (non-hydrogen) atoms. The highest BCUT2D eigenvalue weighted by Crippen LogP contribution is 2.37. The smallest absolute Gasteiger partial charge is 0.325 e. The van der Waals surface area contributed by atoms with Crippen molar-refractivity contribution < 1.29 is 23.5 Å². The maximum Gasteiger partial charge on any atom is 0.325 e. The summed E-state index contributed by atoms with van der Waals surface area (Å²) in [6, 6.07) is 10.6. The Kier molecular flexibility index (Phi) is 4.57. The number of para-hydroxylation sites is 1. The minimum absolute atomic E-state index is 0.313. The van der Waals surface area contributed by atoms with Gasteiger partial charge in [0.15, 0.2) is 0 Å². The predicted octanol–water partition coefficient (Wildman–Crippen LogP) is 3.79. The number of nitrogens with one attached hydrogen (secondary N) is 2. The number of furan rings is 1. The second-order valence-electron chi connectivity index (χ2n) is 8.16. The second kappa shape index (κ2) is 7.30. The number of amides is 4. The van der Waals surface area contributed by atoms with Gasteiger partial charge in [0.1, 0.15) is 29.0 Å². The molecule has 2 N–H and O–H groups in total. The van der Waals surface area contributed by atoms with Gasteiger partial charge in [-0.15, -0.1) is 0 Å². The Hall–Kier alpha value is -3.55. The normalized spacial score (nSPS) is 18.0. The van der Waals surface area contributed by atoms with Crippen molar-refractivity contribution in [3.8, 4) is 5.75 Å². The molecule has 1 spiro atoms. The van der Waals surface area contributed by atoms with Crippen LogP contribution in [0.4, 0.5) is 10.5 Å². The number of urea groups is 1. The molecule has 0 radical (unpaired) electrons. The minimum Gasteiger partial charge on any atom is -0.495 e. The Morgan fingerprint density at radius 1 is 1.13 bits per heavy atom. The fourth-order valence-electron chi connectivity index (χ4n) is 4.67. The summed E-state index contributed by atoms with van der Waals surface area (Å²) in [6.07, 6.45) is 4.06. The van der Waals surface area contributed by atoms with Crippen LogP contribution in [0.1, 0.15) is 32.1 Å². The lowest BCUT2D eigenvalue weighted by Gasteiger charge is -2.30. The molecule has 2 aliphatic rings. The van der Waals surface area contributed by atoms with E-state index in [1.807, 2.05) is 30.3 Å². The Morgan fingerprint density at radius 3 is 2.68 bits per heavy atom. The molecular weight excluding hydrogens is 398 g/mol. The number of ether oxygens (including phenoxy) is 1. The quantitative estimate of drug-likeness (QED) is 0.624. The summed E-state index contributed by atoms with van der Waals surface area (Å²) in [5.41, 5.74) is 0.910. The van der Waals surface area contributed by atoms with Gasteiger partial charge >= 0.3 is 6.03 Å². The predicted molar refractivity (Wildman–Crippen MR) is 115 cm³/mol. The monoisotopic (exact) mass is 421 g/mol. The lowest BCUT2D eigenvalue weighted by atomic mass is 9.82. The number of imide groups is 1. The average molecular weight is 421 g/mol. The van der Waals surface area contributed by atoms with Gasteiger partial charge in [-0.1, -0.05) is 37.5 Å². The molecule has 3 aromatic rings. The van der Waals surface area contributed by atoms with Gasteiger partial charge in [0.2, 0.25) is 5.91 Å². The van der Waals surface area contributed by atoms with Crippen LogP contribution in [-0.2, 0) is 9.59 Å². The topological polar surface area (TPSA) is 101 Å². The standard InChI is InChI=1S/C23H23N3O5/c1-30-19-11-15-14-7-3-4-8-17(14)31-18(15)12-16(19)24-20(27)13-26-21(28)23(25-22(26)29)9-5-2-6-10-23/h3-4,7-8,11-12H,2,5-6,9-10,13H2,1H3,(H,24,27)(H,25,29). The number of methoxy groups -OCH3 is 1. The van der Waals surface area contributed by atoms with Crippen molar-refractivity contribution in [2.45, 2.75) is 37.6 Å². The summed E-state index contributed by atoms with van der Waals surface area (Å²) in [5, 5.41) is 7.40. The lowest BCUT2D eigenvalue weighted by Crippen LogP contribution is -2.48. The molecule has 1 aromatic heterocycles. The van der Waals surface area contributed by atoms with E-state index in [9.17, 15) is 14.4 Å². The van der Waals surface area contributed by atoms with Crippen molar-refractivity contribution in [3.63, 3.8) is 0 Å². The van der Waals surface area contributed by atoms with E-state index in [0.717, 1.165) is 40.5 Å². The number of hydrogen-bond donors (Lipinski definition) is 2. The van der Waals surface area contributed by atoms with Crippen molar-refractivity contribution in [3.05, 3.63) is 36.4 Å². The van der Waals surface area contributed by atoms with Crippen molar-refractivity contribution in [2.75, 3.05) is 19.0 Å². The van der Waals surface area contributed by atoms with E-state index in [1.165, 1.54) is 7.11 Å². The molecule has 8 heteroatoms. The summed E-state index contributed by atoms with van der Waals surface area (Å²) < 4.78 is 11.3. The summed E-state index contributed by atoms with van der Waals surface area (Å²) in [5.74, 6) is -0.328. The van der Waals surface area contributed by atoms with Gasteiger partial charge in [0.05, 0.1) is 12.8 Å². The molecule has 2 aromatic carbocycles. The van der Waals surface area contributed by atoms with E-state index in [1.54, 1.807) is 6.07 Å². The molecule has 1 aliphatic heterocycles. The number of benzene rings is 2. The van der Waals surface area contributed by atoms with E-state index >= 15 is 0 Å². The van der Waals surface area contributed by atoms with Crippen LogP contribution in [-0.4, -0.2) is 41.9 Å². The first kappa shape index (κ1) is 19.4. The van der Waals surface area contributed by atoms with Crippen molar-refractivity contribution >= 4 is 45.5 Å². The van der Waals surface area contributed by atoms with Crippen LogP contribution in [0.2, 0.25) is 0 Å². The molecule has 4 amide bonds. The van der Waals surface area contributed by atoms with E-state index in [2.05, 4.69) is 10.6 Å². The van der Waals surface area contributed by atoms with Gasteiger partial charge in [-0.05, 0) is 25.0 Å². The summed E-state index contributed by atoms with van der Waals surface area (Å²) in [4.78, 5) is 39.1. The van der Waals surface area contributed by atoms with E-state index in [4.69, 9.17) is 9.15 Å². The molecule has 2 heterocycles. The maximum atomic E-state index is 12.9. The zero-order valence-electron chi connectivity index (χ0n) is 17.2. The lowest BCUT2D eigenvalue weighted by molar-refractivity contribution is -0.134. The molecular formula is C23H23N3O5. The number of anilines is 1. The molecule has 5 rings (SSSR count). The molecule has 0 bridgehead atoms. The van der Waals surface area contributed by atoms with Gasteiger partial charge in [-0.25, -0.2) is 4.79 Å². The third-order valence-corrected chi connectivity index (χ3v) is 6.23. The third-order valence-electron chi connectivity index (χ3n) is 6.23. The summed E-state index contributed by atoms with van der Waals surface area (Å²) in [7, 11) is 1.52. The molecule has 1 saturated carbocycles. The maximum absolute atomic E-state index is 12.9. The molecule has 2 fully saturated rings. The number of fused-ring (bicyclic) bond motifs is 3. The highest BCUT2D eigenvalue weighted by atomic mass is 16.5. The first-order valence-electron chi connectivity index (χ1n) is 10.4. The van der Waals surface area contributed by atoms with Gasteiger partial charge in [-0.2, -0.15) is 0 Å². The Balaban J connectivity index is 1.38. The van der Waals surface area contributed by atoms with Crippen molar-refractivity contribution in [2.24, 2.45) is 0 Å². The van der Waals surface area contributed by atoms with Crippen LogP contribution >= 0.6 is 0 Å². The Bertz CT molecular complexity index is 1210. The summed E-state index contributed by atoms with van der Waals surface area (Å²) >= 11 is 0. The highest BCUT2D eigenvalue weighted by molar-refractivity contribution is 6.11. The molecule has 160 valence electrons. The number of nitrogens with zero attached hydrogens (tertiary/aromatic N) is 1. The number of hydrogen-bond acceptors (Lipinski definition) is 5. The number of carbonyl (C=O) groups is 3. The SMILES string of the molecule is COc1cc2c(cc1NC(=O)CN1C(=O)NC3(CCCCC3)C1=O)oc1ccccc12. The number of rotatable bonds is 4. The molecule has 0 atom stereocenters. The Morgan fingerprint density at radius 2 is 1.90 bits per heavy atom. The van der Waals surface area contributed by atoms with Crippen LogP contribution < -0.4 is 15.4 Å². The van der Waals surface area contributed by atoms with Gasteiger partial charge < -0.3 is 19.8 Å². The first-order chi connectivity index (χ1) is 15.0. The fraction of sp³-hybridized carbons (Fsp3) is 0.348. The Labute approximate surface area is 178 Å². The van der Waals surface area contributed by atoms with E-state index in [0.29, 0.717) is 29.9 Å². The fourth-order valence-corrected chi connectivity index (χ4v) is 4.67. The van der Waals surface area contributed by atoms with Crippen molar-refractivity contribution in [1.82, 2.24) is 10.2 Å². The van der Waals surface area contributed by atoms with Gasteiger partial charge in [-0.3, -0.25) is 14.5 Å². The van der Waals surface area contributed by atoms with Crippen LogP contribution in [0, 0.1) is 0 Å². The first-order valence-corrected chi connectivity index (χ1v) is 10.4. The van der Waals surface area contributed by atoms with Crippen LogP contribution in [0.3, 0.4) is 0 Å². The van der Waals surface area contributed by atoms with Crippen LogP contribution in [0.25, 0.3) is 21.9 Å². The highest BCUT2D eigenvalue weighted by Gasteiger charge is 2.51. The van der Waals surface area contributed by atoms with E-state index in [-0.39, 0.29) is 12.5 Å². The minimum atomic E-state index is -0.847. The van der Waals surface area contributed by atoms with Gasteiger partial charge in [0, 0.05) is 16.8 Å². The third kappa shape index (κ3) is 3.19.